The molecule has 0 aliphatic carbocycles. The summed E-state index contributed by atoms with van der Waals surface area (Å²) in [6, 6.07) is 0. The van der Waals surface area contributed by atoms with E-state index >= 15 is 0 Å². The average Bonchev–Trinajstić information content (AvgIpc) is 2.34. The van der Waals surface area contributed by atoms with Crippen LogP contribution in [0.5, 0.6) is 0 Å². The van der Waals surface area contributed by atoms with Gasteiger partial charge in [-0.15, -0.1) is 0 Å². The molecule has 4 heteroatoms. The van der Waals surface area contributed by atoms with Crippen LogP contribution < -0.4 is 5.73 Å². The minimum absolute atomic E-state index is 0.278. The molecule has 2 N–H and O–H groups in total. The van der Waals surface area contributed by atoms with E-state index in [2.05, 4.69) is 11.8 Å². The van der Waals surface area contributed by atoms with Crippen LogP contribution in [-0.2, 0) is 4.79 Å². The van der Waals surface area contributed by atoms with Crippen LogP contribution in [0.4, 0.5) is 0 Å². The van der Waals surface area contributed by atoms with Gasteiger partial charge in [-0.3, -0.25) is 9.69 Å². The van der Waals surface area contributed by atoms with Crippen molar-refractivity contribution in [2.24, 2.45) is 5.73 Å². The number of nitrogens with two attached hydrogens (primary N) is 1. The Bertz CT molecular complexity index is 200. The van der Waals surface area contributed by atoms with Gasteiger partial charge in [-0.05, 0) is 25.9 Å². The quantitative estimate of drug-likeness (QED) is 0.725. The van der Waals surface area contributed by atoms with E-state index < -0.39 is 0 Å². The van der Waals surface area contributed by atoms with E-state index in [1.54, 1.807) is 0 Å². The van der Waals surface area contributed by atoms with Crippen molar-refractivity contribution in [3.63, 3.8) is 0 Å². The van der Waals surface area contributed by atoms with Gasteiger partial charge in [-0.1, -0.05) is 13.3 Å². The maximum atomic E-state index is 11.7. The van der Waals surface area contributed by atoms with Crippen LogP contribution in [0.3, 0.4) is 0 Å². The maximum absolute atomic E-state index is 11.7. The molecule has 1 fully saturated rings. The molecule has 0 aromatic rings. The number of hydrogen-bond donors (Lipinski definition) is 1. The third-order valence-electron chi connectivity index (χ3n) is 3.15. The molecule has 0 radical (unpaired) electrons. The fourth-order valence-electron chi connectivity index (χ4n) is 2.01. The second-order valence-electron chi connectivity index (χ2n) is 4.47. The number of amides is 1. The second kappa shape index (κ2) is 7.63. The fourth-order valence-corrected chi connectivity index (χ4v) is 2.01. The predicted octanol–water partition coefficient (Wildman–Crippen LogP) is 0.670. The van der Waals surface area contributed by atoms with Gasteiger partial charge in [0, 0.05) is 32.6 Å². The van der Waals surface area contributed by atoms with Gasteiger partial charge in [0.2, 0.25) is 5.91 Å². The first-order chi connectivity index (χ1) is 7.77. The lowest BCUT2D eigenvalue weighted by molar-refractivity contribution is -0.133. The van der Waals surface area contributed by atoms with Crippen molar-refractivity contribution in [3.8, 4) is 0 Å². The van der Waals surface area contributed by atoms with Gasteiger partial charge in [-0.2, -0.15) is 0 Å². The average molecular weight is 227 g/mol. The van der Waals surface area contributed by atoms with Gasteiger partial charge in [-0.25, -0.2) is 0 Å². The Hall–Kier alpha value is -0.610. The fraction of sp³-hybridized carbons (Fsp3) is 0.917. The number of rotatable bonds is 6. The number of piperazine rings is 1. The van der Waals surface area contributed by atoms with Crippen molar-refractivity contribution in [1.29, 1.82) is 0 Å². The maximum Gasteiger partial charge on any atom is 0.222 e. The van der Waals surface area contributed by atoms with Crippen LogP contribution in [-0.4, -0.2) is 55.0 Å². The van der Waals surface area contributed by atoms with E-state index in [0.29, 0.717) is 13.0 Å². The molecular formula is C12H25N3O. The molecule has 1 rings (SSSR count). The molecule has 0 saturated carbocycles. The van der Waals surface area contributed by atoms with E-state index in [9.17, 15) is 4.79 Å². The van der Waals surface area contributed by atoms with Crippen molar-refractivity contribution in [2.75, 3.05) is 39.3 Å². The minimum Gasteiger partial charge on any atom is -0.340 e. The number of unbranched alkanes of at least 4 members (excludes halogenated alkanes) is 1. The SMILES string of the molecule is CCCCN1CCN(C(=O)CCCN)CC1. The highest BCUT2D eigenvalue weighted by molar-refractivity contribution is 5.76. The Morgan fingerprint density at radius 3 is 2.44 bits per heavy atom. The Morgan fingerprint density at radius 2 is 1.88 bits per heavy atom. The first-order valence-corrected chi connectivity index (χ1v) is 6.48. The van der Waals surface area contributed by atoms with E-state index in [1.165, 1.54) is 19.4 Å². The summed E-state index contributed by atoms with van der Waals surface area (Å²) in [7, 11) is 0. The molecule has 4 nitrogen and oxygen atoms in total. The summed E-state index contributed by atoms with van der Waals surface area (Å²) < 4.78 is 0. The van der Waals surface area contributed by atoms with Crippen LogP contribution in [0.1, 0.15) is 32.6 Å². The molecule has 0 bridgehead atoms. The summed E-state index contributed by atoms with van der Waals surface area (Å²) in [5.74, 6) is 0.278. The van der Waals surface area contributed by atoms with Gasteiger partial charge in [0.1, 0.15) is 0 Å². The molecule has 0 unspecified atom stereocenters. The zero-order valence-electron chi connectivity index (χ0n) is 10.5. The zero-order valence-corrected chi connectivity index (χ0v) is 10.5. The molecule has 0 spiro atoms. The number of hydrogen-bond acceptors (Lipinski definition) is 3. The molecule has 0 aromatic heterocycles. The molecule has 1 amide bonds. The molecule has 1 aliphatic heterocycles. The summed E-state index contributed by atoms with van der Waals surface area (Å²) in [6.45, 7) is 7.87. The lowest BCUT2D eigenvalue weighted by atomic mass is 10.2. The molecule has 0 aromatic carbocycles. The summed E-state index contributed by atoms with van der Waals surface area (Å²) in [5, 5.41) is 0. The van der Waals surface area contributed by atoms with Crippen LogP contribution in [0, 0.1) is 0 Å². The molecule has 94 valence electrons. The number of nitrogens with zero attached hydrogens (tertiary/aromatic N) is 2. The topological polar surface area (TPSA) is 49.6 Å². The highest BCUT2D eigenvalue weighted by Crippen LogP contribution is 2.05. The largest absolute Gasteiger partial charge is 0.340 e. The monoisotopic (exact) mass is 227 g/mol. The smallest absolute Gasteiger partial charge is 0.222 e. The molecule has 1 heterocycles. The molecule has 0 atom stereocenters. The van der Waals surface area contributed by atoms with Crippen molar-refractivity contribution >= 4 is 5.91 Å². The lowest BCUT2D eigenvalue weighted by Crippen LogP contribution is -2.48. The van der Waals surface area contributed by atoms with Crippen molar-refractivity contribution in [2.45, 2.75) is 32.6 Å². The van der Waals surface area contributed by atoms with Crippen molar-refractivity contribution in [1.82, 2.24) is 9.80 Å². The Balaban J connectivity index is 2.18. The van der Waals surface area contributed by atoms with Gasteiger partial charge in [0.05, 0.1) is 0 Å². The second-order valence-corrected chi connectivity index (χ2v) is 4.47. The molecule has 16 heavy (non-hydrogen) atoms. The first-order valence-electron chi connectivity index (χ1n) is 6.48. The lowest BCUT2D eigenvalue weighted by Gasteiger charge is -2.34. The summed E-state index contributed by atoms with van der Waals surface area (Å²) in [5.41, 5.74) is 5.40. The Morgan fingerprint density at radius 1 is 1.19 bits per heavy atom. The first kappa shape index (κ1) is 13.5. The van der Waals surface area contributed by atoms with Crippen LogP contribution >= 0.6 is 0 Å². The van der Waals surface area contributed by atoms with E-state index in [0.717, 1.165) is 32.6 Å². The molecular weight excluding hydrogens is 202 g/mol. The Labute approximate surface area is 98.8 Å². The highest BCUT2D eigenvalue weighted by atomic mass is 16.2. The van der Waals surface area contributed by atoms with Gasteiger partial charge in [0.25, 0.3) is 0 Å². The summed E-state index contributed by atoms with van der Waals surface area (Å²) in [6.07, 6.45) is 3.94. The van der Waals surface area contributed by atoms with Crippen LogP contribution in [0.25, 0.3) is 0 Å². The normalized spacial score (nSPS) is 17.8. The molecule has 1 saturated heterocycles. The number of carbonyl (C=O) groups excluding carboxylic acids is 1. The minimum atomic E-state index is 0.278. The van der Waals surface area contributed by atoms with Crippen molar-refractivity contribution < 1.29 is 4.79 Å². The van der Waals surface area contributed by atoms with Gasteiger partial charge >= 0.3 is 0 Å². The third kappa shape index (κ3) is 4.49. The van der Waals surface area contributed by atoms with Gasteiger partial charge < -0.3 is 10.6 Å². The third-order valence-corrected chi connectivity index (χ3v) is 3.15. The van der Waals surface area contributed by atoms with Gasteiger partial charge in [0.15, 0.2) is 0 Å². The summed E-state index contributed by atoms with van der Waals surface area (Å²) >= 11 is 0. The van der Waals surface area contributed by atoms with E-state index in [1.807, 2.05) is 4.90 Å². The standard InChI is InChI=1S/C12H25N3O/c1-2-3-7-14-8-10-15(11-9-14)12(16)5-4-6-13/h2-11,13H2,1H3. The van der Waals surface area contributed by atoms with E-state index in [4.69, 9.17) is 5.73 Å². The Kier molecular flexibility index (Phi) is 6.42. The zero-order chi connectivity index (χ0) is 11.8. The summed E-state index contributed by atoms with van der Waals surface area (Å²) in [4.78, 5) is 16.2. The highest BCUT2D eigenvalue weighted by Gasteiger charge is 2.19. The van der Waals surface area contributed by atoms with Crippen LogP contribution in [0.2, 0.25) is 0 Å². The molecule has 1 aliphatic rings. The van der Waals surface area contributed by atoms with E-state index in [-0.39, 0.29) is 5.91 Å². The predicted molar refractivity (Wildman–Crippen MR) is 66.2 cm³/mol. The number of carbonyl (C=O) groups is 1. The van der Waals surface area contributed by atoms with Crippen molar-refractivity contribution in [3.05, 3.63) is 0 Å². The van der Waals surface area contributed by atoms with Crippen LogP contribution in [0.15, 0.2) is 0 Å².